The predicted molar refractivity (Wildman–Crippen MR) is 91.7 cm³/mol. The van der Waals surface area contributed by atoms with Crippen molar-refractivity contribution in [3.63, 3.8) is 0 Å². The maximum atomic E-state index is 12.5. The van der Waals surface area contributed by atoms with Crippen LogP contribution in [-0.4, -0.2) is 25.7 Å². The van der Waals surface area contributed by atoms with Crippen LogP contribution < -0.4 is 4.72 Å². The quantitative estimate of drug-likeness (QED) is 0.805. The molecule has 0 unspecified atom stereocenters. The van der Waals surface area contributed by atoms with Gasteiger partial charge in [-0.2, -0.15) is 5.26 Å². The summed E-state index contributed by atoms with van der Waals surface area (Å²) in [5.74, 6) is 0. The van der Waals surface area contributed by atoms with Crippen LogP contribution in [0.3, 0.4) is 0 Å². The van der Waals surface area contributed by atoms with Crippen LogP contribution in [0.5, 0.6) is 0 Å². The van der Waals surface area contributed by atoms with Gasteiger partial charge in [-0.05, 0) is 31.0 Å². The second kappa shape index (κ2) is 8.06. The summed E-state index contributed by atoms with van der Waals surface area (Å²) in [6.07, 6.45) is -0.932. The third-order valence-corrected chi connectivity index (χ3v) is 5.21. The Bertz CT molecular complexity index is 796. The Morgan fingerprint density at radius 3 is 2.33 bits per heavy atom. The zero-order chi connectivity index (χ0) is 17.6. The fourth-order valence-corrected chi connectivity index (χ4v) is 3.61. The number of hydrogen-bond donors (Lipinski definition) is 2. The molecule has 0 heterocycles. The van der Waals surface area contributed by atoms with Crippen LogP contribution in [0.1, 0.15) is 17.5 Å². The number of aliphatic hydroxyl groups is 1. The lowest BCUT2D eigenvalue weighted by Crippen LogP contribution is -2.44. The second-order valence-corrected chi connectivity index (χ2v) is 7.37. The highest BCUT2D eigenvalue weighted by atomic mass is 32.2. The first-order chi connectivity index (χ1) is 11.4. The minimum Gasteiger partial charge on any atom is -0.390 e. The number of hydrogen-bond acceptors (Lipinski definition) is 4. The number of nitrogens with one attached hydrogen (secondary N) is 1. The lowest BCUT2D eigenvalue weighted by atomic mass is 10.0. The molecule has 0 saturated heterocycles. The molecule has 126 valence electrons. The van der Waals surface area contributed by atoms with Crippen LogP contribution >= 0.6 is 0 Å². The molecule has 2 aromatic rings. The van der Waals surface area contributed by atoms with Crippen LogP contribution in [0.25, 0.3) is 0 Å². The zero-order valence-electron chi connectivity index (χ0n) is 13.4. The smallest absolute Gasteiger partial charge is 0.240 e. The van der Waals surface area contributed by atoms with Crippen molar-refractivity contribution >= 4 is 10.0 Å². The van der Waals surface area contributed by atoms with E-state index in [2.05, 4.69) is 4.72 Å². The van der Waals surface area contributed by atoms with Crippen molar-refractivity contribution in [1.29, 1.82) is 5.26 Å². The van der Waals surface area contributed by atoms with E-state index in [1.54, 1.807) is 12.1 Å². The molecule has 24 heavy (non-hydrogen) atoms. The van der Waals surface area contributed by atoms with Gasteiger partial charge in [-0.15, -0.1) is 0 Å². The SMILES string of the molecule is Cc1ccc(S(=O)(=O)N[C@@H](Cc2ccccc2)[C@@H](O)CC#N)cc1. The second-order valence-electron chi connectivity index (χ2n) is 5.66. The number of nitrogens with zero attached hydrogens (tertiary/aromatic N) is 1. The summed E-state index contributed by atoms with van der Waals surface area (Å²) in [7, 11) is -3.78. The maximum absolute atomic E-state index is 12.5. The number of nitriles is 1. The van der Waals surface area contributed by atoms with E-state index in [-0.39, 0.29) is 11.3 Å². The van der Waals surface area contributed by atoms with Crippen molar-refractivity contribution in [2.24, 2.45) is 0 Å². The molecule has 0 radical (unpaired) electrons. The minimum atomic E-state index is -3.78. The number of benzene rings is 2. The van der Waals surface area contributed by atoms with E-state index in [0.717, 1.165) is 11.1 Å². The molecule has 0 saturated carbocycles. The molecule has 2 N–H and O–H groups in total. The fourth-order valence-electron chi connectivity index (χ4n) is 2.34. The van der Waals surface area contributed by atoms with Gasteiger partial charge in [-0.25, -0.2) is 13.1 Å². The molecular weight excluding hydrogens is 324 g/mol. The lowest BCUT2D eigenvalue weighted by Gasteiger charge is -2.22. The van der Waals surface area contributed by atoms with Gasteiger partial charge < -0.3 is 5.11 Å². The molecule has 0 spiro atoms. The maximum Gasteiger partial charge on any atom is 0.240 e. The van der Waals surface area contributed by atoms with E-state index >= 15 is 0 Å². The molecule has 0 aliphatic rings. The van der Waals surface area contributed by atoms with Gasteiger partial charge in [-0.3, -0.25) is 0 Å². The van der Waals surface area contributed by atoms with Gasteiger partial charge in [0.25, 0.3) is 0 Å². The monoisotopic (exact) mass is 344 g/mol. The van der Waals surface area contributed by atoms with Crippen molar-refractivity contribution in [2.45, 2.75) is 36.8 Å². The number of aryl methyl sites for hydroxylation is 1. The molecule has 0 amide bonds. The number of rotatable bonds is 7. The lowest BCUT2D eigenvalue weighted by molar-refractivity contribution is 0.141. The molecule has 2 rings (SSSR count). The predicted octanol–water partition coefficient (Wildman–Crippen LogP) is 2.16. The standard InChI is InChI=1S/C18H20N2O3S/c1-14-7-9-16(10-8-14)24(22,23)20-17(18(21)11-12-19)13-15-5-3-2-4-6-15/h2-10,17-18,20-21H,11,13H2,1H3/t17-,18-/m0/s1. The summed E-state index contributed by atoms with van der Waals surface area (Å²) in [6.45, 7) is 1.87. The molecule has 0 bridgehead atoms. The van der Waals surface area contributed by atoms with Crippen LogP contribution in [-0.2, 0) is 16.4 Å². The average molecular weight is 344 g/mol. The van der Waals surface area contributed by atoms with Crippen molar-refractivity contribution in [2.75, 3.05) is 0 Å². The molecule has 5 nitrogen and oxygen atoms in total. The molecule has 0 aliphatic carbocycles. The fraction of sp³-hybridized carbons (Fsp3) is 0.278. The van der Waals surface area contributed by atoms with E-state index in [9.17, 15) is 13.5 Å². The van der Waals surface area contributed by atoms with E-state index in [1.165, 1.54) is 12.1 Å². The van der Waals surface area contributed by atoms with Crippen molar-refractivity contribution in [3.05, 3.63) is 65.7 Å². The molecule has 2 aromatic carbocycles. The van der Waals surface area contributed by atoms with Crippen LogP contribution in [0, 0.1) is 18.3 Å². The largest absolute Gasteiger partial charge is 0.390 e. The van der Waals surface area contributed by atoms with E-state index in [4.69, 9.17) is 5.26 Å². The van der Waals surface area contributed by atoms with Crippen LogP contribution in [0.4, 0.5) is 0 Å². The van der Waals surface area contributed by atoms with Gasteiger partial charge in [0.2, 0.25) is 10.0 Å². The van der Waals surface area contributed by atoms with Crippen LogP contribution in [0.2, 0.25) is 0 Å². The Hall–Kier alpha value is -2.20. The first kappa shape index (κ1) is 18.1. The van der Waals surface area contributed by atoms with Crippen molar-refractivity contribution in [1.82, 2.24) is 4.72 Å². The molecule has 0 aromatic heterocycles. The van der Waals surface area contributed by atoms with Crippen LogP contribution in [0.15, 0.2) is 59.5 Å². The van der Waals surface area contributed by atoms with Crippen molar-refractivity contribution in [3.8, 4) is 6.07 Å². The minimum absolute atomic E-state index is 0.135. The summed E-state index contributed by atoms with van der Waals surface area (Å²) in [6, 6.07) is 16.8. The average Bonchev–Trinajstić information content (AvgIpc) is 2.55. The number of aliphatic hydroxyl groups excluding tert-OH is 1. The van der Waals surface area contributed by atoms with Gasteiger partial charge in [0.1, 0.15) is 0 Å². The van der Waals surface area contributed by atoms with Gasteiger partial charge >= 0.3 is 0 Å². The number of sulfonamides is 1. The van der Waals surface area contributed by atoms with E-state index in [1.807, 2.05) is 43.3 Å². The first-order valence-corrected chi connectivity index (χ1v) is 9.08. The van der Waals surface area contributed by atoms with E-state index < -0.39 is 22.2 Å². The van der Waals surface area contributed by atoms with E-state index in [0.29, 0.717) is 6.42 Å². The third-order valence-electron chi connectivity index (χ3n) is 3.70. The van der Waals surface area contributed by atoms with Gasteiger partial charge in [0, 0.05) is 0 Å². The summed E-state index contributed by atoms with van der Waals surface area (Å²) < 4.78 is 27.6. The molecule has 2 atom stereocenters. The van der Waals surface area contributed by atoms with Gasteiger partial charge in [-0.1, -0.05) is 48.0 Å². The highest BCUT2D eigenvalue weighted by molar-refractivity contribution is 7.89. The Balaban J connectivity index is 2.23. The van der Waals surface area contributed by atoms with Crippen molar-refractivity contribution < 1.29 is 13.5 Å². The summed E-state index contributed by atoms with van der Waals surface area (Å²) >= 11 is 0. The molecular formula is C18H20N2O3S. The molecule has 6 heteroatoms. The Morgan fingerprint density at radius 1 is 1.12 bits per heavy atom. The first-order valence-electron chi connectivity index (χ1n) is 7.60. The Labute approximate surface area is 142 Å². The topological polar surface area (TPSA) is 90.2 Å². The Morgan fingerprint density at radius 2 is 1.75 bits per heavy atom. The molecule has 0 aliphatic heterocycles. The summed E-state index contributed by atoms with van der Waals surface area (Å²) in [5, 5.41) is 19.0. The highest BCUT2D eigenvalue weighted by Crippen LogP contribution is 2.14. The van der Waals surface area contributed by atoms with Gasteiger partial charge in [0.15, 0.2) is 0 Å². The molecule has 0 fully saturated rings. The normalized spacial score (nSPS) is 13.9. The zero-order valence-corrected chi connectivity index (χ0v) is 14.2. The Kier molecular flexibility index (Phi) is 6.10. The van der Waals surface area contributed by atoms with Gasteiger partial charge in [0.05, 0.1) is 29.5 Å². The highest BCUT2D eigenvalue weighted by Gasteiger charge is 2.26. The summed E-state index contributed by atoms with van der Waals surface area (Å²) in [4.78, 5) is 0.135. The third kappa shape index (κ3) is 4.90. The summed E-state index contributed by atoms with van der Waals surface area (Å²) in [5.41, 5.74) is 1.84.